The summed E-state index contributed by atoms with van der Waals surface area (Å²) in [7, 11) is 0. The smallest absolute Gasteiger partial charge is 0.0303 e. The number of thioether (sulfide) groups is 1. The van der Waals surface area contributed by atoms with Crippen LogP contribution < -0.4 is 5.32 Å². The number of hydrogen-bond acceptors (Lipinski definition) is 3. The van der Waals surface area contributed by atoms with Crippen molar-refractivity contribution in [3.05, 3.63) is 51.2 Å². The number of hydrogen-bond donors (Lipinski definition) is 1. The van der Waals surface area contributed by atoms with Crippen molar-refractivity contribution in [3.8, 4) is 0 Å². The van der Waals surface area contributed by atoms with Gasteiger partial charge in [-0.15, -0.1) is 23.1 Å². The Morgan fingerprint density at radius 1 is 1.16 bits per heavy atom. The van der Waals surface area contributed by atoms with Gasteiger partial charge in [-0.3, -0.25) is 0 Å². The molecule has 0 atom stereocenters. The molecule has 0 bridgehead atoms. The lowest BCUT2D eigenvalue weighted by Gasteiger charge is -2.04. The lowest BCUT2D eigenvalue weighted by Crippen LogP contribution is -2.11. The zero-order valence-corrected chi connectivity index (χ0v) is 12.9. The van der Waals surface area contributed by atoms with E-state index in [-0.39, 0.29) is 0 Å². The first-order valence-corrected chi connectivity index (χ1v) is 8.83. The highest BCUT2D eigenvalue weighted by molar-refractivity contribution is 7.98. The average Bonchev–Trinajstić information content (AvgIpc) is 3.00. The van der Waals surface area contributed by atoms with Gasteiger partial charge in [0.15, 0.2) is 0 Å². The number of benzene rings is 1. The summed E-state index contributed by atoms with van der Waals surface area (Å²) in [6.07, 6.45) is 6.07. The Labute approximate surface area is 123 Å². The number of nitrogens with one attached hydrogen (secondary N) is 1. The topological polar surface area (TPSA) is 12.0 Å². The normalized spacial score (nSPS) is 13.7. The predicted octanol–water partition coefficient (Wildman–Crippen LogP) is 4.25. The summed E-state index contributed by atoms with van der Waals surface area (Å²) in [5.41, 5.74) is 2.97. The number of thiophene rings is 1. The molecule has 1 N–H and O–H groups in total. The van der Waals surface area contributed by atoms with Gasteiger partial charge in [0.25, 0.3) is 0 Å². The minimum Gasteiger partial charge on any atom is -0.308 e. The van der Waals surface area contributed by atoms with Gasteiger partial charge < -0.3 is 5.32 Å². The molecule has 3 heteroatoms. The molecule has 1 aromatic carbocycles. The molecule has 1 aliphatic rings. The van der Waals surface area contributed by atoms with Crippen LogP contribution in [0.5, 0.6) is 0 Å². The lowest BCUT2D eigenvalue weighted by molar-refractivity contribution is 0.700. The molecule has 0 saturated carbocycles. The molecule has 0 saturated heterocycles. The van der Waals surface area contributed by atoms with Crippen molar-refractivity contribution >= 4 is 23.1 Å². The van der Waals surface area contributed by atoms with Crippen molar-refractivity contribution in [2.45, 2.75) is 37.2 Å². The van der Waals surface area contributed by atoms with Crippen molar-refractivity contribution in [1.82, 2.24) is 5.32 Å². The molecule has 19 heavy (non-hydrogen) atoms. The van der Waals surface area contributed by atoms with Crippen molar-refractivity contribution < 1.29 is 0 Å². The highest BCUT2D eigenvalue weighted by atomic mass is 32.2. The maximum absolute atomic E-state index is 3.55. The molecule has 0 amide bonds. The summed E-state index contributed by atoms with van der Waals surface area (Å²) in [5.74, 6) is 0. The molecule has 1 nitrogen and oxygen atoms in total. The van der Waals surface area contributed by atoms with Gasteiger partial charge in [0.2, 0.25) is 0 Å². The quantitative estimate of drug-likeness (QED) is 0.826. The van der Waals surface area contributed by atoms with E-state index in [0.29, 0.717) is 0 Å². The summed E-state index contributed by atoms with van der Waals surface area (Å²) in [4.78, 5) is 4.45. The monoisotopic (exact) mass is 289 g/mol. The van der Waals surface area contributed by atoms with Crippen LogP contribution in [0.25, 0.3) is 0 Å². The van der Waals surface area contributed by atoms with Crippen molar-refractivity contribution in [1.29, 1.82) is 0 Å². The predicted molar refractivity (Wildman–Crippen MR) is 85.1 cm³/mol. The van der Waals surface area contributed by atoms with E-state index < -0.39 is 0 Å². The second-order valence-corrected chi connectivity index (χ2v) is 7.07. The van der Waals surface area contributed by atoms with Gasteiger partial charge in [-0.05, 0) is 54.8 Å². The van der Waals surface area contributed by atoms with E-state index in [4.69, 9.17) is 0 Å². The largest absolute Gasteiger partial charge is 0.308 e. The Kier molecular flexibility index (Phi) is 4.26. The van der Waals surface area contributed by atoms with Gasteiger partial charge in [-0.2, -0.15) is 0 Å². The van der Waals surface area contributed by atoms with Gasteiger partial charge in [-0.1, -0.05) is 12.1 Å². The highest BCUT2D eigenvalue weighted by Crippen LogP contribution is 2.30. The molecule has 2 aromatic rings. The lowest BCUT2D eigenvalue weighted by atomic mass is 10.2. The first-order valence-electron chi connectivity index (χ1n) is 6.79. The van der Waals surface area contributed by atoms with E-state index in [9.17, 15) is 0 Å². The molecular weight excluding hydrogens is 270 g/mol. The highest BCUT2D eigenvalue weighted by Gasteiger charge is 2.14. The molecule has 3 rings (SSSR count). The summed E-state index contributed by atoms with van der Waals surface area (Å²) in [6.45, 7) is 1.96. The molecule has 0 aliphatic heterocycles. The molecule has 100 valence electrons. The van der Waals surface area contributed by atoms with E-state index in [1.807, 2.05) is 11.3 Å². The van der Waals surface area contributed by atoms with E-state index in [0.717, 1.165) is 13.1 Å². The Hall–Kier alpha value is -0.770. The first-order chi connectivity index (χ1) is 9.35. The Balaban J connectivity index is 1.51. The van der Waals surface area contributed by atoms with E-state index >= 15 is 0 Å². The number of aryl methyl sites for hydroxylation is 2. The third-order valence-corrected chi connectivity index (χ3v) is 5.57. The minimum atomic E-state index is 0.956. The van der Waals surface area contributed by atoms with Crippen LogP contribution >= 0.6 is 23.1 Å². The van der Waals surface area contributed by atoms with Gasteiger partial charge in [-0.25, -0.2) is 0 Å². The zero-order valence-electron chi connectivity index (χ0n) is 11.2. The van der Waals surface area contributed by atoms with Gasteiger partial charge in [0.05, 0.1) is 0 Å². The van der Waals surface area contributed by atoms with Gasteiger partial charge in [0, 0.05) is 27.7 Å². The minimum absolute atomic E-state index is 0.956. The van der Waals surface area contributed by atoms with E-state index in [2.05, 4.69) is 41.9 Å². The first kappa shape index (κ1) is 13.2. The summed E-state index contributed by atoms with van der Waals surface area (Å²) in [6, 6.07) is 11.2. The Bertz CT molecular complexity index is 521. The van der Waals surface area contributed by atoms with Gasteiger partial charge >= 0.3 is 0 Å². The molecule has 1 aromatic heterocycles. The molecular formula is C16H19NS2. The maximum atomic E-state index is 3.55. The Morgan fingerprint density at radius 3 is 2.74 bits per heavy atom. The zero-order chi connectivity index (χ0) is 13.1. The van der Waals surface area contributed by atoms with Crippen molar-refractivity contribution in [2.24, 2.45) is 0 Å². The van der Waals surface area contributed by atoms with Crippen LogP contribution in [0.4, 0.5) is 0 Å². The van der Waals surface area contributed by atoms with Crippen LogP contribution in [-0.4, -0.2) is 6.26 Å². The number of fused-ring (bicyclic) bond motifs is 1. The van der Waals surface area contributed by atoms with E-state index in [1.165, 1.54) is 34.6 Å². The number of rotatable bonds is 5. The average molecular weight is 289 g/mol. The molecule has 0 spiro atoms. The van der Waals surface area contributed by atoms with Crippen molar-refractivity contribution in [3.63, 3.8) is 0 Å². The fraction of sp³-hybridized carbons (Fsp3) is 0.375. The van der Waals surface area contributed by atoms with Gasteiger partial charge in [0.1, 0.15) is 0 Å². The third-order valence-electron chi connectivity index (χ3n) is 3.59. The van der Waals surface area contributed by atoms with Crippen LogP contribution in [0.1, 0.15) is 27.3 Å². The second kappa shape index (κ2) is 6.12. The Morgan fingerprint density at radius 2 is 2.00 bits per heavy atom. The summed E-state index contributed by atoms with van der Waals surface area (Å²) in [5, 5.41) is 3.55. The third kappa shape index (κ3) is 3.22. The van der Waals surface area contributed by atoms with Crippen LogP contribution in [0.15, 0.2) is 35.2 Å². The fourth-order valence-electron chi connectivity index (χ4n) is 2.55. The van der Waals surface area contributed by atoms with Crippen LogP contribution in [0.3, 0.4) is 0 Å². The molecule has 0 fully saturated rings. The van der Waals surface area contributed by atoms with Crippen LogP contribution in [0.2, 0.25) is 0 Å². The fourth-order valence-corrected chi connectivity index (χ4v) is 4.19. The SMILES string of the molecule is CSc1ccc(CNCc2cc3c(s2)CCC3)cc1. The molecule has 0 radical (unpaired) electrons. The van der Waals surface area contributed by atoms with E-state index in [1.54, 1.807) is 22.2 Å². The summed E-state index contributed by atoms with van der Waals surface area (Å²) >= 11 is 3.79. The van der Waals surface area contributed by atoms with Crippen LogP contribution in [0, 0.1) is 0 Å². The van der Waals surface area contributed by atoms with Crippen molar-refractivity contribution in [2.75, 3.05) is 6.26 Å². The standard InChI is InChI=1S/C16H19NS2/c1-18-14-7-5-12(6-8-14)10-17-11-15-9-13-3-2-4-16(13)19-15/h5-9,17H,2-4,10-11H2,1H3. The molecule has 1 aliphatic carbocycles. The maximum Gasteiger partial charge on any atom is 0.0303 e. The molecule has 1 heterocycles. The summed E-state index contributed by atoms with van der Waals surface area (Å²) < 4.78 is 0. The van der Waals surface area contributed by atoms with Crippen LogP contribution in [-0.2, 0) is 25.9 Å². The molecule has 0 unspecified atom stereocenters. The second-order valence-electron chi connectivity index (χ2n) is 4.97.